The van der Waals surface area contributed by atoms with E-state index in [-0.39, 0.29) is 5.78 Å². The minimum absolute atomic E-state index is 0.268. The van der Waals surface area contributed by atoms with Crippen molar-refractivity contribution < 1.29 is 9.53 Å². The maximum absolute atomic E-state index is 11.5. The van der Waals surface area contributed by atoms with Crippen LogP contribution in [0.2, 0.25) is 0 Å². The lowest BCUT2D eigenvalue weighted by atomic mass is 9.90. The van der Waals surface area contributed by atoms with Gasteiger partial charge in [0.15, 0.2) is 5.78 Å². The number of benzene rings is 1. The van der Waals surface area contributed by atoms with Crippen LogP contribution in [0.15, 0.2) is 42.0 Å². The number of carbonyl (C=O) groups is 1. The summed E-state index contributed by atoms with van der Waals surface area (Å²) < 4.78 is 5.66. The minimum atomic E-state index is 0.268. The molecule has 0 aromatic heterocycles. The van der Waals surface area contributed by atoms with Gasteiger partial charge in [-0.1, -0.05) is 36.4 Å². The predicted octanol–water partition coefficient (Wildman–Crippen LogP) is 3.13. The molecule has 0 heterocycles. The van der Waals surface area contributed by atoms with Crippen LogP contribution in [0.1, 0.15) is 25.3 Å². The molecule has 0 aliphatic heterocycles. The Kier molecular flexibility index (Phi) is 4.10. The van der Waals surface area contributed by atoms with E-state index in [1.54, 1.807) is 0 Å². The van der Waals surface area contributed by atoms with Gasteiger partial charge in [-0.15, -0.1) is 0 Å². The molecule has 0 bridgehead atoms. The van der Waals surface area contributed by atoms with Crippen molar-refractivity contribution in [3.63, 3.8) is 0 Å². The fourth-order valence-corrected chi connectivity index (χ4v) is 2.01. The van der Waals surface area contributed by atoms with Gasteiger partial charge in [-0.05, 0) is 30.4 Å². The molecule has 1 aliphatic rings. The van der Waals surface area contributed by atoms with Crippen molar-refractivity contribution in [2.45, 2.75) is 26.4 Å². The van der Waals surface area contributed by atoms with E-state index in [1.807, 2.05) is 31.2 Å². The van der Waals surface area contributed by atoms with Gasteiger partial charge in [-0.3, -0.25) is 4.79 Å². The summed E-state index contributed by atoms with van der Waals surface area (Å²) in [7, 11) is 0. The highest BCUT2D eigenvalue weighted by atomic mass is 16.5. The highest BCUT2D eigenvalue weighted by Crippen LogP contribution is 2.20. The lowest BCUT2D eigenvalue weighted by Crippen LogP contribution is -2.18. The van der Waals surface area contributed by atoms with E-state index in [1.165, 1.54) is 5.56 Å². The molecule has 0 radical (unpaired) electrons. The Bertz CT molecular complexity index is 406. The maximum atomic E-state index is 11.5. The van der Waals surface area contributed by atoms with E-state index in [0.717, 1.165) is 12.0 Å². The summed E-state index contributed by atoms with van der Waals surface area (Å²) in [6.45, 7) is 3.20. The fourth-order valence-electron chi connectivity index (χ4n) is 2.01. The summed E-state index contributed by atoms with van der Waals surface area (Å²) in [6.07, 6.45) is 3.63. The second kappa shape index (κ2) is 5.78. The lowest BCUT2D eigenvalue weighted by molar-refractivity contribution is -0.117. The van der Waals surface area contributed by atoms with Crippen LogP contribution in [0.5, 0.6) is 0 Å². The number of allylic oxidation sites excluding steroid dienone is 2. The summed E-state index contributed by atoms with van der Waals surface area (Å²) >= 11 is 0. The van der Waals surface area contributed by atoms with Gasteiger partial charge in [0.05, 0.1) is 13.2 Å². The first-order valence-corrected chi connectivity index (χ1v) is 6.07. The molecular formula is C15H18O2. The first-order valence-electron chi connectivity index (χ1n) is 6.07. The molecular weight excluding hydrogens is 212 g/mol. The van der Waals surface area contributed by atoms with Crippen LogP contribution in [0, 0.1) is 5.92 Å². The van der Waals surface area contributed by atoms with Crippen LogP contribution in [0.25, 0.3) is 0 Å². The molecule has 0 spiro atoms. The van der Waals surface area contributed by atoms with Crippen LogP contribution in [-0.2, 0) is 16.1 Å². The van der Waals surface area contributed by atoms with Crippen molar-refractivity contribution in [1.29, 1.82) is 0 Å². The number of hydrogen-bond acceptors (Lipinski definition) is 2. The molecule has 0 saturated carbocycles. The third kappa shape index (κ3) is 3.53. The van der Waals surface area contributed by atoms with Crippen LogP contribution >= 0.6 is 0 Å². The van der Waals surface area contributed by atoms with Crippen molar-refractivity contribution in [1.82, 2.24) is 0 Å². The first kappa shape index (κ1) is 12.1. The molecule has 1 aromatic carbocycles. The van der Waals surface area contributed by atoms with E-state index in [0.29, 0.717) is 25.6 Å². The normalized spacial score (nSPS) is 20.2. The highest BCUT2D eigenvalue weighted by molar-refractivity contribution is 5.95. The zero-order valence-electron chi connectivity index (χ0n) is 10.2. The Morgan fingerprint density at radius 1 is 1.29 bits per heavy atom. The molecule has 1 aliphatic carbocycles. The smallest absolute Gasteiger partial charge is 0.158 e. The summed E-state index contributed by atoms with van der Waals surface area (Å²) in [5.74, 6) is 0.625. The molecule has 0 N–H and O–H groups in total. The molecule has 1 atom stereocenters. The van der Waals surface area contributed by atoms with Crippen LogP contribution in [0.3, 0.4) is 0 Å². The summed E-state index contributed by atoms with van der Waals surface area (Å²) in [5.41, 5.74) is 2.09. The summed E-state index contributed by atoms with van der Waals surface area (Å²) in [5, 5.41) is 0. The summed E-state index contributed by atoms with van der Waals surface area (Å²) in [4.78, 5) is 11.5. The molecule has 0 saturated heterocycles. The highest BCUT2D eigenvalue weighted by Gasteiger charge is 2.19. The molecule has 17 heavy (non-hydrogen) atoms. The quantitative estimate of drug-likeness (QED) is 0.794. The van der Waals surface area contributed by atoms with Crippen LogP contribution < -0.4 is 0 Å². The van der Waals surface area contributed by atoms with Gasteiger partial charge >= 0.3 is 0 Å². The van der Waals surface area contributed by atoms with Gasteiger partial charge in [0.2, 0.25) is 0 Å². The van der Waals surface area contributed by atoms with Crippen LogP contribution in [0.4, 0.5) is 0 Å². The Balaban J connectivity index is 1.75. The van der Waals surface area contributed by atoms with E-state index in [4.69, 9.17) is 4.74 Å². The Hall–Kier alpha value is -1.41. The number of rotatable bonds is 4. The van der Waals surface area contributed by atoms with Gasteiger partial charge in [-0.2, -0.15) is 0 Å². The number of ketones is 1. The van der Waals surface area contributed by atoms with Crippen molar-refractivity contribution in [3.05, 3.63) is 47.5 Å². The molecule has 2 nitrogen and oxygen atoms in total. The monoisotopic (exact) mass is 230 g/mol. The van der Waals surface area contributed by atoms with Gasteiger partial charge in [-0.25, -0.2) is 0 Å². The fraction of sp³-hybridized carbons (Fsp3) is 0.400. The van der Waals surface area contributed by atoms with Crippen molar-refractivity contribution in [3.8, 4) is 0 Å². The Labute approximate surface area is 102 Å². The van der Waals surface area contributed by atoms with Gasteiger partial charge in [0.1, 0.15) is 0 Å². The largest absolute Gasteiger partial charge is 0.376 e. The molecule has 1 aromatic rings. The number of ether oxygens (including phenoxy) is 1. The minimum Gasteiger partial charge on any atom is -0.376 e. The first-order chi connectivity index (χ1) is 8.25. The number of hydrogen-bond donors (Lipinski definition) is 0. The van der Waals surface area contributed by atoms with Gasteiger partial charge in [0.25, 0.3) is 0 Å². The topological polar surface area (TPSA) is 26.3 Å². The standard InChI is InChI=1S/C15H18O2/c1-12-7-8-14(9-15(12)16)11-17-10-13-5-3-2-4-6-13/h2-7,14H,8-11H2,1H3/t14-/m1/s1. The predicted molar refractivity (Wildman–Crippen MR) is 67.6 cm³/mol. The molecule has 2 heteroatoms. The lowest BCUT2D eigenvalue weighted by Gasteiger charge is -2.19. The van der Waals surface area contributed by atoms with E-state index in [9.17, 15) is 4.79 Å². The molecule has 0 amide bonds. The molecule has 0 fully saturated rings. The summed E-state index contributed by atoms with van der Waals surface area (Å²) in [6, 6.07) is 10.1. The average Bonchev–Trinajstić information content (AvgIpc) is 2.35. The van der Waals surface area contributed by atoms with E-state index in [2.05, 4.69) is 12.1 Å². The van der Waals surface area contributed by atoms with Crippen LogP contribution in [-0.4, -0.2) is 12.4 Å². The average molecular weight is 230 g/mol. The molecule has 90 valence electrons. The van der Waals surface area contributed by atoms with E-state index >= 15 is 0 Å². The molecule has 0 unspecified atom stereocenters. The number of carbonyl (C=O) groups excluding carboxylic acids is 1. The maximum Gasteiger partial charge on any atom is 0.158 e. The SMILES string of the molecule is CC1=CC[C@@H](COCc2ccccc2)CC1=O. The second-order valence-corrected chi connectivity index (χ2v) is 4.62. The Morgan fingerprint density at radius 3 is 2.76 bits per heavy atom. The third-order valence-electron chi connectivity index (χ3n) is 3.14. The third-order valence-corrected chi connectivity index (χ3v) is 3.14. The number of Topliss-reactive ketones (excluding diaryl/α,β-unsaturated/α-hetero) is 1. The van der Waals surface area contributed by atoms with Crippen molar-refractivity contribution >= 4 is 5.78 Å². The van der Waals surface area contributed by atoms with E-state index < -0.39 is 0 Å². The Morgan fingerprint density at radius 2 is 2.06 bits per heavy atom. The molecule has 2 rings (SSSR count). The zero-order valence-corrected chi connectivity index (χ0v) is 10.2. The van der Waals surface area contributed by atoms with Gasteiger partial charge in [0, 0.05) is 6.42 Å². The van der Waals surface area contributed by atoms with Gasteiger partial charge < -0.3 is 4.74 Å². The van der Waals surface area contributed by atoms with Crippen molar-refractivity contribution in [2.75, 3.05) is 6.61 Å². The van der Waals surface area contributed by atoms with Crippen molar-refractivity contribution in [2.24, 2.45) is 5.92 Å². The zero-order chi connectivity index (χ0) is 12.1. The second-order valence-electron chi connectivity index (χ2n) is 4.62.